The number of hydrogen-bond donors (Lipinski definition) is 0. The van der Waals surface area contributed by atoms with Crippen molar-refractivity contribution >= 4 is 30.5 Å². The highest BCUT2D eigenvalue weighted by Gasteiger charge is 2.20. The molecular formula is C27H28F3N5O3S. The molecule has 1 aliphatic heterocycles. The number of anilines is 1. The van der Waals surface area contributed by atoms with Crippen LogP contribution in [0.3, 0.4) is 0 Å². The monoisotopic (exact) mass is 559 g/mol. The molecule has 2 aromatic carbocycles. The molecule has 0 spiro atoms. The number of ether oxygens (including phenoxy) is 1. The minimum atomic E-state index is -1.55. The number of rotatable bonds is 9. The zero-order valence-electron chi connectivity index (χ0n) is 21.4. The highest BCUT2D eigenvalue weighted by atomic mass is 32.1. The van der Waals surface area contributed by atoms with Crippen LogP contribution in [0.2, 0.25) is 0 Å². The van der Waals surface area contributed by atoms with Crippen molar-refractivity contribution in [3.05, 3.63) is 76.2 Å². The summed E-state index contributed by atoms with van der Waals surface area (Å²) in [4.78, 5) is 29.5. The zero-order valence-corrected chi connectivity index (χ0v) is 22.2. The minimum Gasteiger partial charge on any atom is -0.378 e. The van der Waals surface area contributed by atoms with Gasteiger partial charge < -0.3 is 14.5 Å². The first kappa shape index (κ1) is 28.4. The molecule has 0 aliphatic carbocycles. The van der Waals surface area contributed by atoms with Crippen LogP contribution in [0.25, 0.3) is 11.3 Å². The van der Waals surface area contributed by atoms with E-state index < -0.39 is 23.5 Å². The van der Waals surface area contributed by atoms with E-state index in [9.17, 15) is 22.8 Å². The van der Waals surface area contributed by atoms with E-state index in [0.29, 0.717) is 23.3 Å². The van der Waals surface area contributed by atoms with E-state index in [1.165, 1.54) is 15.6 Å². The predicted octanol–water partition coefficient (Wildman–Crippen LogP) is 4.48. The Morgan fingerprint density at radius 3 is 2.49 bits per heavy atom. The van der Waals surface area contributed by atoms with Gasteiger partial charge in [0.2, 0.25) is 0 Å². The number of halogens is 3. The molecule has 0 atom stereocenters. The van der Waals surface area contributed by atoms with Crippen molar-refractivity contribution in [2.24, 2.45) is 0 Å². The van der Waals surface area contributed by atoms with Gasteiger partial charge in [0.25, 0.3) is 0 Å². The van der Waals surface area contributed by atoms with Gasteiger partial charge in [-0.2, -0.15) is 5.10 Å². The van der Waals surface area contributed by atoms with Gasteiger partial charge >= 0.3 is 12.6 Å². The molecule has 0 unspecified atom stereocenters. The number of hydrogen-bond acceptors (Lipinski definition) is 7. The van der Waals surface area contributed by atoms with Gasteiger partial charge in [-0.3, -0.25) is 9.69 Å². The summed E-state index contributed by atoms with van der Waals surface area (Å²) in [5.41, 5.74) is 1.53. The van der Waals surface area contributed by atoms with Crippen molar-refractivity contribution in [3.8, 4) is 11.3 Å². The summed E-state index contributed by atoms with van der Waals surface area (Å²) >= 11 is 5.38. The van der Waals surface area contributed by atoms with Crippen LogP contribution in [0.1, 0.15) is 12.0 Å². The topological polar surface area (TPSA) is 70.9 Å². The first-order valence-corrected chi connectivity index (χ1v) is 12.8. The summed E-state index contributed by atoms with van der Waals surface area (Å²) in [5.74, 6) is -4.18. The lowest BCUT2D eigenvalue weighted by atomic mass is 10.1. The lowest BCUT2D eigenvalue weighted by molar-refractivity contribution is -0.123. The quantitative estimate of drug-likeness (QED) is 0.166. The second-order valence-electron chi connectivity index (χ2n) is 9.27. The first-order valence-electron chi connectivity index (χ1n) is 12.4. The van der Waals surface area contributed by atoms with Gasteiger partial charge in [0.1, 0.15) is 4.64 Å². The Bertz CT molecular complexity index is 1370. The highest BCUT2D eigenvalue weighted by Crippen LogP contribution is 2.23. The molecule has 39 heavy (non-hydrogen) atoms. The van der Waals surface area contributed by atoms with E-state index in [1.807, 2.05) is 6.07 Å². The molecule has 1 aliphatic rings. The Morgan fingerprint density at radius 2 is 1.79 bits per heavy atom. The van der Waals surface area contributed by atoms with Gasteiger partial charge in [-0.05, 0) is 62.0 Å². The van der Waals surface area contributed by atoms with E-state index in [4.69, 9.17) is 12.2 Å². The van der Waals surface area contributed by atoms with E-state index in [2.05, 4.69) is 26.7 Å². The molecule has 1 aromatic heterocycles. The van der Waals surface area contributed by atoms with Gasteiger partial charge in [-0.25, -0.2) is 22.6 Å². The smallest absolute Gasteiger partial charge is 0.378 e. The molecular weight excluding hydrogens is 531 g/mol. The van der Waals surface area contributed by atoms with Crippen LogP contribution in [-0.2, 0) is 16.1 Å². The number of aromatic nitrogens is 2. The van der Waals surface area contributed by atoms with Gasteiger partial charge in [0.05, 0.1) is 12.2 Å². The Hall–Kier alpha value is -3.61. The molecule has 0 N–H and O–H groups in total. The lowest BCUT2D eigenvalue weighted by Crippen LogP contribution is -2.45. The summed E-state index contributed by atoms with van der Waals surface area (Å²) in [6, 6.07) is 11.9. The summed E-state index contributed by atoms with van der Waals surface area (Å²) in [6.45, 7) is 5.32. The molecule has 8 nitrogen and oxygen atoms in total. The third-order valence-corrected chi connectivity index (χ3v) is 6.87. The standard InChI is InChI=1S/C27H28F3N5O3S/c1-32-10-12-33(13-11-32)8-3-9-34(27(37)38-18-36)21-5-2-4-19(14-21)17-35-25(39)7-6-24(31-35)20-15-22(28)26(30)23(29)16-20/h2,4-7,14-16,18H,3,8-13,17H2,1H3. The Balaban J connectivity index is 1.52. The van der Waals surface area contributed by atoms with Crippen LogP contribution in [0, 0.1) is 22.1 Å². The third kappa shape index (κ3) is 7.28. The highest BCUT2D eigenvalue weighted by molar-refractivity contribution is 7.71. The van der Waals surface area contributed by atoms with Crippen molar-refractivity contribution in [1.29, 1.82) is 0 Å². The van der Waals surface area contributed by atoms with Gasteiger partial charge in [0, 0.05) is 44.0 Å². The van der Waals surface area contributed by atoms with Crippen LogP contribution >= 0.6 is 12.2 Å². The Kier molecular flexibility index (Phi) is 9.44. The van der Waals surface area contributed by atoms with Gasteiger partial charge in [0.15, 0.2) is 17.5 Å². The molecule has 1 saturated heterocycles. The summed E-state index contributed by atoms with van der Waals surface area (Å²) in [6.07, 6.45) is -0.0981. The normalized spacial score (nSPS) is 14.3. The van der Waals surface area contributed by atoms with Crippen LogP contribution in [0.15, 0.2) is 48.5 Å². The number of nitrogens with zero attached hydrogens (tertiary/aromatic N) is 5. The van der Waals surface area contributed by atoms with Crippen molar-refractivity contribution < 1.29 is 27.5 Å². The molecule has 0 radical (unpaired) electrons. The maximum atomic E-state index is 13.8. The third-order valence-electron chi connectivity index (χ3n) is 6.52. The molecule has 3 aromatic rings. The van der Waals surface area contributed by atoms with Crippen molar-refractivity contribution in [3.63, 3.8) is 0 Å². The molecule has 0 saturated carbocycles. The van der Waals surface area contributed by atoms with Crippen molar-refractivity contribution in [2.75, 3.05) is 51.2 Å². The average Bonchev–Trinajstić information content (AvgIpc) is 2.92. The number of carbonyl (C=O) groups is 2. The van der Waals surface area contributed by atoms with Gasteiger partial charge in [-0.1, -0.05) is 24.4 Å². The van der Waals surface area contributed by atoms with Crippen molar-refractivity contribution in [2.45, 2.75) is 13.0 Å². The van der Waals surface area contributed by atoms with Crippen LogP contribution in [0.4, 0.5) is 23.7 Å². The molecule has 12 heteroatoms. The van der Waals surface area contributed by atoms with Crippen LogP contribution in [0.5, 0.6) is 0 Å². The molecule has 206 valence electrons. The lowest BCUT2D eigenvalue weighted by Gasteiger charge is -2.32. The Labute approximate surface area is 229 Å². The number of piperazine rings is 1. The second kappa shape index (κ2) is 13.0. The van der Waals surface area contributed by atoms with Crippen LogP contribution < -0.4 is 4.90 Å². The van der Waals surface area contributed by atoms with Crippen molar-refractivity contribution in [1.82, 2.24) is 19.6 Å². The molecule has 4 rings (SSSR count). The zero-order chi connectivity index (χ0) is 27.9. The van der Waals surface area contributed by atoms with E-state index in [0.717, 1.165) is 50.4 Å². The number of benzene rings is 2. The fourth-order valence-electron chi connectivity index (χ4n) is 4.37. The SMILES string of the molecule is CN1CCN(CCCN(C(=O)OC=O)c2cccc(Cn3nc(-c4cc(F)c(F)c(F)c4)ccc3=S)c2)CC1. The average molecular weight is 560 g/mol. The van der Waals surface area contributed by atoms with Gasteiger partial charge in [-0.15, -0.1) is 0 Å². The fourth-order valence-corrected chi connectivity index (χ4v) is 4.54. The number of amides is 1. The number of carbonyl (C=O) groups excluding carboxylic acids is 2. The van der Waals surface area contributed by atoms with E-state index in [1.54, 1.807) is 24.3 Å². The molecule has 2 heterocycles. The number of likely N-dealkylation sites (N-methyl/N-ethyl adjacent to an activating group) is 1. The summed E-state index contributed by atoms with van der Waals surface area (Å²) < 4.78 is 47.4. The van der Waals surface area contributed by atoms with E-state index >= 15 is 0 Å². The predicted molar refractivity (Wildman–Crippen MR) is 142 cm³/mol. The summed E-state index contributed by atoms with van der Waals surface area (Å²) in [7, 11) is 2.09. The Morgan fingerprint density at radius 1 is 1.08 bits per heavy atom. The fraction of sp³-hybridized carbons (Fsp3) is 0.333. The largest absolute Gasteiger partial charge is 0.421 e. The second-order valence-corrected chi connectivity index (χ2v) is 9.69. The minimum absolute atomic E-state index is 0.0621. The molecule has 0 bridgehead atoms. The molecule has 1 fully saturated rings. The van der Waals surface area contributed by atoms with E-state index in [-0.39, 0.29) is 24.3 Å². The molecule has 1 amide bonds. The first-order chi connectivity index (χ1) is 18.7. The van der Waals surface area contributed by atoms with Crippen LogP contribution in [-0.4, -0.2) is 78.5 Å². The maximum Gasteiger partial charge on any atom is 0.421 e. The summed E-state index contributed by atoms with van der Waals surface area (Å²) in [5, 5.41) is 4.39. The maximum absolute atomic E-state index is 13.8.